The SMILES string of the molecule is CC[C@@]1(O)C(=O)OCc2c1cc1n(c2=O)Cc2c-1nc1cc(F)c(C)c3c1c2[C@@H](NC(=O)CNC(=O)[C@@H](CC(=O)CNC(=O)CCC(=O)[C@H](CC(=O)O)NC(=O)CCN1C(=O)C=CC1=O)Cc1ccccc1)CC3.CC[C@@]1(O)C(=O)OCc2c1cc1n(c2=O)Cc2c-1nc1cc(F)c(C)c3c1c2[C@@H](NC(=O)CNC(=O)[C@@H](CC(=O)CNC(=O)CCC(=O)[C@H](CC(=O)O)NC(=O)CCN1C(=O)CC(C)C1=O)Cc1ccccc1)CC3. The van der Waals surface area contributed by atoms with Crippen LogP contribution < -0.4 is 53.7 Å². The van der Waals surface area contributed by atoms with Gasteiger partial charge in [-0.25, -0.2) is 28.3 Å². The first-order valence-corrected chi connectivity index (χ1v) is 48.8. The number of carboxylic acid groups (broad SMARTS) is 2. The average Bonchev–Trinajstić information content (AvgIpc) is 1.57. The van der Waals surface area contributed by atoms with Gasteiger partial charge in [0.15, 0.2) is 34.3 Å². The number of esters is 2. The van der Waals surface area contributed by atoms with Crippen molar-refractivity contribution >= 4 is 140 Å². The molecule has 1 unspecified atom stereocenters. The molecule has 16 rings (SSSR count). The Kier molecular flexibility index (Phi) is 32.3. The van der Waals surface area contributed by atoms with E-state index in [9.17, 15) is 126 Å². The Morgan fingerprint density at radius 3 is 1.25 bits per heavy atom. The Bertz CT molecular complexity index is 7140. The zero-order valence-corrected chi connectivity index (χ0v) is 81.8. The molecule has 10 heterocycles. The van der Waals surface area contributed by atoms with Gasteiger partial charge in [-0.1, -0.05) is 81.4 Å². The van der Waals surface area contributed by atoms with Gasteiger partial charge in [-0.15, -0.1) is 0 Å². The van der Waals surface area contributed by atoms with Crippen LogP contribution in [-0.2, 0) is 169 Å². The van der Waals surface area contributed by atoms with Gasteiger partial charge in [0.05, 0.1) is 121 Å². The van der Waals surface area contributed by atoms with Crippen LogP contribution in [0.15, 0.2) is 107 Å². The summed E-state index contributed by atoms with van der Waals surface area (Å²) in [5.74, 6) is -18.5. The first-order valence-electron chi connectivity index (χ1n) is 48.8. The lowest BCUT2D eigenvalue weighted by atomic mass is 9.81. The molecule has 780 valence electrons. The van der Waals surface area contributed by atoms with Gasteiger partial charge in [-0.2, -0.15) is 0 Å². The second kappa shape index (κ2) is 45.0. The van der Waals surface area contributed by atoms with E-state index >= 15 is 8.78 Å². The van der Waals surface area contributed by atoms with Gasteiger partial charge in [0, 0.05) is 146 Å². The second-order valence-corrected chi connectivity index (χ2v) is 38.2. The zero-order chi connectivity index (χ0) is 107. The van der Waals surface area contributed by atoms with Crippen molar-refractivity contribution in [3.63, 3.8) is 0 Å². The number of aliphatic carboxylic acids is 2. The molecule has 4 aromatic heterocycles. The summed E-state index contributed by atoms with van der Waals surface area (Å²) in [6, 6.07) is 18.8. The topological polar surface area (TPSA) is 613 Å². The molecule has 6 aliphatic heterocycles. The number of imide groups is 2. The number of aromatic nitrogens is 4. The largest absolute Gasteiger partial charge is 0.481 e. The molecule has 44 heteroatoms. The molecule has 2 aliphatic carbocycles. The Hall–Kier alpha value is -16.3. The van der Waals surface area contributed by atoms with Crippen molar-refractivity contribution < 1.29 is 135 Å². The Morgan fingerprint density at radius 2 is 0.872 bits per heavy atom. The number of nitrogens with zero attached hydrogens (tertiary/aromatic N) is 6. The van der Waals surface area contributed by atoms with Crippen molar-refractivity contribution in [2.24, 2.45) is 17.8 Å². The van der Waals surface area contributed by atoms with Gasteiger partial charge >= 0.3 is 23.9 Å². The van der Waals surface area contributed by atoms with Gasteiger partial charge in [0.25, 0.3) is 22.9 Å². The first kappa shape index (κ1) is 107. The summed E-state index contributed by atoms with van der Waals surface area (Å²) < 4.78 is 44.3. The van der Waals surface area contributed by atoms with Crippen LogP contribution in [0.2, 0.25) is 0 Å². The number of ether oxygens (including phenoxy) is 2. The number of nitrogens with one attached hydrogen (secondary N) is 8. The van der Waals surface area contributed by atoms with Crippen LogP contribution in [-0.4, -0.2) is 219 Å². The van der Waals surface area contributed by atoms with Gasteiger partial charge in [-0.05, 0) is 122 Å². The number of likely N-dealkylation sites (tertiary alicyclic amines) is 1. The number of carboxylic acids is 2. The molecular weight excluding hydrogens is 1940 g/mol. The van der Waals surface area contributed by atoms with Crippen molar-refractivity contribution in [2.45, 2.75) is 218 Å². The number of aryl methyl sites for hydroxylation is 2. The average molecular weight is 2050 g/mol. The van der Waals surface area contributed by atoms with E-state index in [-0.39, 0.29) is 124 Å². The second-order valence-electron chi connectivity index (χ2n) is 38.2. The molecule has 8 aliphatic rings. The molecular formula is C105H108F2N14O28. The Balaban J connectivity index is 0.000000223. The number of amides is 12. The van der Waals surface area contributed by atoms with Crippen LogP contribution in [0.25, 0.3) is 44.6 Å². The van der Waals surface area contributed by atoms with Crippen molar-refractivity contribution in [1.29, 1.82) is 0 Å². The van der Waals surface area contributed by atoms with E-state index in [0.717, 1.165) is 22.0 Å². The van der Waals surface area contributed by atoms with E-state index in [0.29, 0.717) is 115 Å². The number of rotatable bonds is 42. The van der Waals surface area contributed by atoms with E-state index in [1.165, 1.54) is 21.3 Å². The Labute approximate surface area is 847 Å². The molecule has 9 atom stereocenters. The predicted molar refractivity (Wildman–Crippen MR) is 518 cm³/mol. The fourth-order valence-corrected chi connectivity index (χ4v) is 20.4. The van der Waals surface area contributed by atoms with Crippen LogP contribution in [0.5, 0.6) is 0 Å². The summed E-state index contributed by atoms with van der Waals surface area (Å²) >= 11 is 0. The zero-order valence-electron chi connectivity index (χ0n) is 81.8. The third kappa shape index (κ3) is 23.0. The summed E-state index contributed by atoms with van der Waals surface area (Å²) in [7, 11) is 0. The van der Waals surface area contributed by atoms with Crippen LogP contribution in [0.3, 0.4) is 0 Å². The number of pyridine rings is 4. The molecule has 8 aromatic rings. The minimum Gasteiger partial charge on any atom is -0.481 e. The number of halogens is 2. The Morgan fingerprint density at radius 1 is 0.477 bits per heavy atom. The number of cyclic esters (lactones) is 2. The lowest BCUT2D eigenvalue weighted by Gasteiger charge is -2.31. The van der Waals surface area contributed by atoms with Crippen LogP contribution in [0.4, 0.5) is 8.78 Å². The van der Waals surface area contributed by atoms with Crippen molar-refractivity contribution in [3.05, 3.63) is 207 Å². The summed E-state index contributed by atoms with van der Waals surface area (Å²) in [6.45, 7) is 4.77. The van der Waals surface area contributed by atoms with Crippen molar-refractivity contribution in [1.82, 2.24) is 71.4 Å². The van der Waals surface area contributed by atoms with E-state index in [1.54, 1.807) is 107 Å². The van der Waals surface area contributed by atoms with Gasteiger partial charge in [0.2, 0.25) is 59.1 Å². The monoisotopic (exact) mass is 2050 g/mol. The number of hydrogen-bond donors (Lipinski definition) is 12. The smallest absolute Gasteiger partial charge is 0.343 e. The van der Waals surface area contributed by atoms with E-state index in [1.807, 2.05) is 0 Å². The third-order valence-electron chi connectivity index (χ3n) is 28.5. The van der Waals surface area contributed by atoms with Gasteiger partial charge < -0.3 is 81.6 Å². The van der Waals surface area contributed by atoms with Crippen molar-refractivity contribution in [2.75, 3.05) is 39.3 Å². The third-order valence-corrected chi connectivity index (χ3v) is 28.5. The molecule has 12 N–H and O–H groups in total. The number of fused-ring (bicyclic) bond motifs is 10. The number of ketones is 4. The highest BCUT2D eigenvalue weighted by Crippen LogP contribution is 2.49. The van der Waals surface area contributed by atoms with E-state index in [4.69, 9.17) is 19.4 Å². The summed E-state index contributed by atoms with van der Waals surface area (Å²) in [5, 5.41) is 63.4. The molecule has 0 spiro atoms. The number of carbonyl (C=O) groups is 20. The van der Waals surface area contributed by atoms with Gasteiger partial charge in [-0.3, -0.25) is 106 Å². The standard InChI is InChI=1S/C53H56FN7O14.C52H52FN7O14/c1-4-53(74)34-19-39-48-32(24-61(39)51(72)33(34)25-75-52(53)73)47-36(11-10-31-27(3)35(54)20-38(59-48)46(31)47)57-43(66)23-56-49(70)29(17-28-8-6-5-7-9-28)18-30(62)22-55-41(64)13-12-40(63)37(21-45(68)69)58-42(65)14-15-60-44(67)16-26(2)50(60)71;1-3-52(73)33-19-38-48-31(24-60(38)50(71)32(33)25-74-51(52)72)47-35(10-9-30-26(2)34(53)20-37(58-48)46(30)47)56-42(65)23-55-49(70)28(17-27-7-5-4-6-8-27)18-29(61)22-54-40(63)12-11-39(62)36(21-45(68)69)57-41(64)15-16-59-43(66)13-14-44(59)67/h5-9,19-20,26,29,36-37,74H,4,10-18,21-25H2,1-3H3,(H,55,64)(H,56,70)(H,57,66)(H,58,65)(H,68,69);4-8,13-14,19-20,28,35-36,73H,3,9-12,15-18,21-25H2,1-2H3,(H,54,63)(H,55,70)(H,56,65)(H,57,64)(H,68,69)/t26?,29-,36+,37+,53+;28-,35+,36+,52+/m11/s1. The fourth-order valence-electron chi connectivity index (χ4n) is 20.4. The van der Waals surface area contributed by atoms with E-state index in [2.05, 4.69) is 42.5 Å². The number of hydrogen-bond acceptors (Lipinski definition) is 28. The van der Waals surface area contributed by atoms with Crippen LogP contribution in [0, 0.1) is 43.2 Å². The number of benzene rings is 4. The number of carbonyl (C=O) groups excluding carboxylic acids is 18. The minimum atomic E-state index is -2.08. The number of Topliss-reactive ketones (excluding diaryl/α,β-unsaturated/α-hetero) is 4. The lowest BCUT2D eigenvalue weighted by Crippen LogP contribution is -2.44. The highest BCUT2D eigenvalue weighted by molar-refractivity contribution is 6.13. The van der Waals surface area contributed by atoms with Crippen molar-refractivity contribution in [3.8, 4) is 22.8 Å². The molecule has 149 heavy (non-hydrogen) atoms. The minimum absolute atomic E-state index is 0.00559. The highest BCUT2D eigenvalue weighted by Gasteiger charge is 2.49. The predicted octanol–water partition coefficient (Wildman–Crippen LogP) is 3.08. The van der Waals surface area contributed by atoms with E-state index < -0.39 is 265 Å². The molecule has 12 amide bonds. The first-order chi connectivity index (χ1) is 70.9. The quantitative estimate of drug-likeness (QED) is 0.0193. The molecule has 0 bridgehead atoms. The summed E-state index contributed by atoms with van der Waals surface area (Å²) in [4.78, 5) is 295. The summed E-state index contributed by atoms with van der Waals surface area (Å²) in [6.07, 6.45) is -1.61. The normalized spacial score (nSPS) is 18.5. The molecule has 42 nitrogen and oxygen atoms in total. The fraction of sp³-hybridized carbons (Fsp3) is 0.410. The maximum absolute atomic E-state index is 15.5. The number of aliphatic hydroxyl groups is 2. The molecule has 1 saturated heterocycles. The van der Waals surface area contributed by atoms with Gasteiger partial charge in [0.1, 0.15) is 24.8 Å². The maximum Gasteiger partial charge on any atom is 0.343 e. The maximum atomic E-state index is 15.5. The lowest BCUT2D eigenvalue weighted by molar-refractivity contribution is -0.172. The van der Waals surface area contributed by atoms with Crippen LogP contribution >= 0.6 is 0 Å². The van der Waals surface area contributed by atoms with Crippen LogP contribution in [0.1, 0.15) is 207 Å². The molecule has 0 saturated carbocycles. The summed E-state index contributed by atoms with van der Waals surface area (Å²) in [5.41, 5.74) is 3.11. The highest BCUT2D eigenvalue weighted by atomic mass is 19.1. The molecule has 4 aromatic carbocycles. The molecule has 1 fully saturated rings. The molecule has 0 radical (unpaired) electrons.